The number of furan rings is 2. The van der Waals surface area contributed by atoms with Crippen LogP contribution < -0.4 is 10.2 Å². The minimum atomic E-state index is -0.661. The third-order valence-corrected chi connectivity index (χ3v) is 5.20. The first-order valence-electron chi connectivity index (χ1n) is 9.27. The fourth-order valence-corrected chi connectivity index (χ4v) is 3.99. The molecule has 1 aromatic carbocycles. The number of para-hydroxylation sites is 2. The highest BCUT2D eigenvalue weighted by atomic mass is 35.5. The molecule has 2 aromatic heterocycles. The Balaban J connectivity index is 0.00000205. The maximum atomic E-state index is 13.5. The number of halogens is 1. The molecule has 0 fully saturated rings. The Kier molecular flexibility index (Phi) is 5.03. The molecule has 1 N–H and O–H groups in total. The van der Waals surface area contributed by atoms with Crippen molar-refractivity contribution in [2.75, 3.05) is 10.2 Å². The Hall–Kier alpha value is -3.25. The maximum absolute atomic E-state index is 13.5. The summed E-state index contributed by atoms with van der Waals surface area (Å²) in [5.41, 5.74) is 2.88. The summed E-state index contributed by atoms with van der Waals surface area (Å²) in [6.45, 7) is 0. The summed E-state index contributed by atoms with van der Waals surface area (Å²) in [6.07, 6.45) is 5.01. The lowest BCUT2D eigenvalue weighted by atomic mass is 9.88. The van der Waals surface area contributed by atoms with E-state index in [2.05, 4.69) is 5.32 Å². The standard InChI is InChI=1S/C22H18N2O4.ClH/c25-17-9-3-7-15-20(17)21(18-10-4-12-27-18)24(22(26)19-11-5-13-28-19)16-8-2-1-6-14(16)23-15;/h1-2,4-6,8,10-13,21,23H,3,7,9H2;1H. The molecule has 1 amide bonds. The predicted molar refractivity (Wildman–Crippen MR) is 110 cm³/mol. The zero-order chi connectivity index (χ0) is 19.1. The number of nitrogens with zero attached hydrogens (tertiary/aromatic N) is 1. The summed E-state index contributed by atoms with van der Waals surface area (Å²) in [5.74, 6) is 0.452. The minimum Gasteiger partial charge on any atom is -0.467 e. The molecule has 1 atom stereocenters. The van der Waals surface area contributed by atoms with E-state index in [1.54, 1.807) is 35.4 Å². The zero-order valence-corrected chi connectivity index (χ0v) is 16.3. The number of Topliss-reactive ketones (excluding diaryl/α,β-unsaturated/α-hetero) is 1. The van der Waals surface area contributed by atoms with E-state index in [9.17, 15) is 9.59 Å². The van der Waals surface area contributed by atoms with Crippen molar-refractivity contribution in [3.05, 3.63) is 83.8 Å². The number of anilines is 2. The van der Waals surface area contributed by atoms with Gasteiger partial charge in [-0.15, -0.1) is 12.4 Å². The highest BCUT2D eigenvalue weighted by Crippen LogP contribution is 2.45. The van der Waals surface area contributed by atoms with E-state index in [1.165, 1.54) is 6.26 Å². The lowest BCUT2D eigenvalue weighted by molar-refractivity contribution is -0.116. The lowest BCUT2D eigenvalue weighted by Crippen LogP contribution is -2.37. The first-order valence-corrected chi connectivity index (χ1v) is 9.27. The van der Waals surface area contributed by atoms with Crippen LogP contribution >= 0.6 is 12.4 Å². The van der Waals surface area contributed by atoms with Gasteiger partial charge in [0.2, 0.25) is 0 Å². The molecule has 1 aliphatic heterocycles. The van der Waals surface area contributed by atoms with Crippen LogP contribution in [-0.2, 0) is 4.79 Å². The van der Waals surface area contributed by atoms with Gasteiger partial charge < -0.3 is 14.2 Å². The molecule has 0 saturated heterocycles. The molecule has 29 heavy (non-hydrogen) atoms. The highest BCUT2D eigenvalue weighted by Gasteiger charge is 2.41. The van der Waals surface area contributed by atoms with Gasteiger partial charge in [0, 0.05) is 17.7 Å². The third kappa shape index (κ3) is 3.15. The molecule has 0 spiro atoms. The van der Waals surface area contributed by atoms with Gasteiger partial charge in [-0.2, -0.15) is 0 Å². The smallest absolute Gasteiger partial charge is 0.294 e. The monoisotopic (exact) mass is 410 g/mol. The number of fused-ring (bicyclic) bond motifs is 1. The number of carbonyl (C=O) groups excluding carboxylic acids is 2. The molecule has 0 bridgehead atoms. The molecule has 148 valence electrons. The van der Waals surface area contributed by atoms with Crippen molar-refractivity contribution < 1.29 is 18.4 Å². The van der Waals surface area contributed by atoms with Gasteiger partial charge in [0.05, 0.1) is 23.9 Å². The number of hydrogen-bond acceptors (Lipinski definition) is 5. The number of allylic oxidation sites excluding steroid dienone is 1. The molecule has 5 rings (SSSR count). The first-order chi connectivity index (χ1) is 13.7. The average Bonchev–Trinajstić information content (AvgIpc) is 3.39. The van der Waals surface area contributed by atoms with Gasteiger partial charge in [0.25, 0.3) is 5.91 Å². The first kappa shape index (κ1) is 19.1. The van der Waals surface area contributed by atoms with E-state index >= 15 is 0 Å². The van der Waals surface area contributed by atoms with Crippen LogP contribution in [0.25, 0.3) is 0 Å². The molecule has 0 saturated carbocycles. The van der Waals surface area contributed by atoms with Gasteiger partial charge >= 0.3 is 0 Å². The molecule has 2 aliphatic rings. The summed E-state index contributed by atoms with van der Waals surface area (Å²) >= 11 is 0. The minimum absolute atomic E-state index is 0. The molecular weight excluding hydrogens is 392 g/mol. The number of ketones is 1. The Labute approximate surface area is 173 Å². The van der Waals surface area contributed by atoms with Crippen LogP contribution in [0.2, 0.25) is 0 Å². The van der Waals surface area contributed by atoms with Crippen molar-refractivity contribution in [3.63, 3.8) is 0 Å². The Morgan fingerprint density at radius 1 is 1.00 bits per heavy atom. The SMILES string of the molecule is Cl.O=C1CCCC2=C1C(c1ccco1)N(C(=O)c1ccco1)c1ccccc1N2. The largest absolute Gasteiger partial charge is 0.467 e. The fraction of sp³-hybridized carbons (Fsp3) is 0.182. The van der Waals surface area contributed by atoms with Gasteiger partial charge in [-0.25, -0.2) is 0 Å². The Morgan fingerprint density at radius 2 is 1.79 bits per heavy atom. The fourth-order valence-electron chi connectivity index (χ4n) is 3.99. The van der Waals surface area contributed by atoms with Crippen LogP contribution in [0, 0.1) is 0 Å². The van der Waals surface area contributed by atoms with Crippen LogP contribution in [0.4, 0.5) is 11.4 Å². The Morgan fingerprint density at radius 3 is 2.55 bits per heavy atom. The number of carbonyl (C=O) groups is 2. The van der Waals surface area contributed by atoms with Gasteiger partial charge in [-0.1, -0.05) is 12.1 Å². The van der Waals surface area contributed by atoms with Crippen molar-refractivity contribution >= 4 is 35.5 Å². The summed E-state index contributed by atoms with van der Waals surface area (Å²) in [6, 6.07) is 13.7. The van der Waals surface area contributed by atoms with Crippen LogP contribution in [-0.4, -0.2) is 11.7 Å². The quantitative estimate of drug-likeness (QED) is 0.634. The number of benzene rings is 1. The molecule has 1 aliphatic carbocycles. The van der Waals surface area contributed by atoms with E-state index < -0.39 is 6.04 Å². The van der Waals surface area contributed by atoms with Gasteiger partial charge in [0.15, 0.2) is 11.5 Å². The van der Waals surface area contributed by atoms with Crippen molar-refractivity contribution in [3.8, 4) is 0 Å². The van der Waals surface area contributed by atoms with E-state index in [0.717, 1.165) is 24.2 Å². The molecule has 7 heteroatoms. The van der Waals surface area contributed by atoms with Gasteiger partial charge in [-0.3, -0.25) is 14.5 Å². The molecule has 3 aromatic rings. The second-order valence-electron chi connectivity index (χ2n) is 6.88. The van der Waals surface area contributed by atoms with Gasteiger partial charge in [0.1, 0.15) is 11.8 Å². The van der Waals surface area contributed by atoms with E-state index in [1.807, 2.05) is 24.3 Å². The van der Waals surface area contributed by atoms with Crippen molar-refractivity contribution in [2.24, 2.45) is 0 Å². The molecule has 6 nitrogen and oxygen atoms in total. The number of rotatable bonds is 2. The van der Waals surface area contributed by atoms with E-state index in [4.69, 9.17) is 8.83 Å². The number of nitrogens with one attached hydrogen (secondary N) is 1. The van der Waals surface area contributed by atoms with E-state index in [0.29, 0.717) is 23.4 Å². The predicted octanol–water partition coefficient (Wildman–Crippen LogP) is 5.12. The maximum Gasteiger partial charge on any atom is 0.294 e. The zero-order valence-electron chi connectivity index (χ0n) is 15.5. The molecular formula is C22H19ClN2O4. The molecule has 3 heterocycles. The van der Waals surface area contributed by atoms with E-state index in [-0.39, 0.29) is 29.9 Å². The number of hydrogen-bond donors (Lipinski definition) is 1. The summed E-state index contributed by atoms with van der Waals surface area (Å²) in [4.78, 5) is 28.1. The topological polar surface area (TPSA) is 75.7 Å². The summed E-state index contributed by atoms with van der Waals surface area (Å²) in [5, 5.41) is 3.41. The van der Waals surface area contributed by atoms with Crippen molar-refractivity contribution in [2.45, 2.75) is 25.3 Å². The van der Waals surface area contributed by atoms with Crippen LogP contribution in [0.3, 0.4) is 0 Å². The van der Waals surface area contributed by atoms with Crippen LogP contribution in [0.15, 0.2) is 81.2 Å². The third-order valence-electron chi connectivity index (χ3n) is 5.20. The normalized spacial score (nSPS) is 18.3. The van der Waals surface area contributed by atoms with Gasteiger partial charge in [-0.05, 0) is 49.2 Å². The lowest BCUT2D eigenvalue weighted by Gasteiger charge is -2.31. The summed E-state index contributed by atoms with van der Waals surface area (Å²) < 4.78 is 11.1. The van der Waals surface area contributed by atoms with Crippen LogP contribution in [0.5, 0.6) is 0 Å². The second-order valence-corrected chi connectivity index (χ2v) is 6.88. The second kappa shape index (κ2) is 7.64. The average molecular weight is 411 g/mol. The molecule has 0 radical (unpaired) electrons. The van der Waals surface area contributed by atoms with Crippen LogP contribution in [0.1, 0.15) is 41.6 Å². The number of amides is 1. The Bertz CT molecular complexity index is 1070. The van der Waals surface area contributed by atoms with Crippen molar-refractivity contribution in [1.82, 2.24) is 0 Å². The highest BCUT2D eigenvalue weighted by molar-refractivity contribution is 6.10. The summed E-state index contributed by atoms with van der Waals surface area (Å²) in [7, 11) is 0. The van der Waals surface area contributed by atoms with Crippen molar-refractivity contribution in [1.29, 1.82) is 0 Å². The molecule has 1 unspecified atom stereocenters.